The third-order valence-electron chi connectivity index (χ3n) is 3.92. The van der Waals surface area contributed by atoms with Gasteiger partial charge in [0.15, 0.2) is 6.61 Å². The van der Waals surface area contributed by atoms with Gasteiger partial charge in [0.1, 0.15) is 5.75 Å². The number of amides is 1. The summed E-state index contributed by atoms with van der Waals surface area (Å²) in [5.74, 6) is 1.74. The second-order valence-electron chi connectivity index (χ2n) is 5.87. The van der Waals surface area contributed by atoms with E-state index < -0.39 is 5.97 Å². The van der Waals surface area contributed by atoms with Crippen molar-refractivity contribution in [3.05, 3.63) is 41.5 Å². The maximum absolute atomic E-state index is 12.8. The molecular weight excluding hydrogens is 358 g/mol. The number of hydrogen-bond donors (Lipinski definition) is 1. The summed E-state index contributed by atoms with van der Waals surface area (Å²) in [6, 6.07) is 6.52. The Morgan fingerprint density at radius 1 is 1.46 bits per heavy atom. The van der Waals surface area contributed by atoms with Crippen LogP contribution in [0.3, 0.4) is 0 Å². The van der Waals surface area contributed by atoms with Crippen molar-refractivity contribution in [1.29, 1.82) is 0 Å². The molecule has 1 aromatic heterocycles. The van der Waals surface area contributed by atoms with Crippen molar-refractivity contribution in [2.45, 2.75) is 26.0 Å². The van der Waals surface area contributed by atoms with Crippen LogP contribution < -0.4 is 4.74 Å². The van der Waals surface area contributed by atoms with Gasteiger partial charge in [-0.3, -0.25) is 9.59 Å². The first kappa shape index (κ1) is 18.2. The van der Waals surface area contributed by atoms with Crippen LogP contribution in [0.2, 0.25) is 0 Å². The number of carbonyl (C=O) groups is 2. The van der Waals surface area contributed by atoms with Crippen LogP contribution in [0.15, 0.2) is 28.8 Å². The van der Waals surface area contributed by atoms with Crippen LogP contribution in [0.4, 0.5) is 0 Å². The van der Waals surface area contributed by atoms with Gasteiger partial charge in [-0.25, -0.2) is 0 Å². The Morgan fingerprint density at radius 3 is 3.04 bits per heavy atom. The van der Waals surface area contributed by atoms with Gasteiger partial charge in [-0.15, -0.1) is 0 Å². The van der Waals surface area contributed by atoms with E-state index in [1.54, 1.807) is 47.9 Å². The highest BCUT2D eigenvalue weighted by Gasteiger charge is 2.29. The number of aliphatic carboxylic acids is 1. The normalized spacial score (nSPS) is 17.1. The Morgan fingerprint density at radius 2 is 2.31 bits per heavy atom. The zero-order valence-electron chi connectivity index (χ0n) is 14.3. The van der Waals surface area contributed by atoms with Crippen LogP contribution in [-0.4, -0.2) is 56.1 Å². The van der Waals surface area contributed by atoms with Crippen LogP contribution >= 0.6 is 11.8 Å². The Labute approximate surface area is 154 Å². The molecule has 0 spiro atoms. The number of carboxylic acid groups (broad SMARTS) is 1. The summed E-state index contributed by atoms with van der Waals surface area (Å²) < 4.78 is 10.5. The summed E-state index contributed by atoms with van der Waals surface area (Å²) in [7, 11) is 0. The summed E-state index contributed by atoms with van der Waals surface area (Å²) in [5, 5.41) is 12.8. The molecule has 8 nitrogen and oxygen atoms in total. The van der Waals surface area contributed by atoms with Crippen molar-refractivity contribution in [2.24, 2.45) is 0 Å². The van der Waals surface area contributed by atoms with Crippen LogP contribution in [0.25, 0.3) is 0 Å². The van der Waals surface area contributed by atoms with E-state index in [1.807, 2.05) is 0 Å². The molecule has 9 heteroatoms. The van der Waals surface area contributed by atoms with Gasteiger partial charge in [-0.05, 0) is 18.2 Å². The van der Waals surface area contributed by atoms with Crippen LogP contribution in [0.1, 0.15) is 28.5 Å². The second-order valence-corrected chi connectivity index (χ2v) is 7.02. The number of ether oxygens (including phenoxy) is 1. The predicted octanol–water partition coefficient (Wildman–Crippen LogP) is 1.99. The van der Waals surface area contributed by atoms with Gasteiger partial charge >= 0.3 is 5.97 Å². The molecule has 1 aromatic carbocycles. The molecule has 0 saturated carbocycles. The minimum atomic E-state index is -0.900. The summed E-state index contributed by atoms with van der Waals surface area (Å²) >= 11 is 1.67. The van der Waals surface area contributed by atoms with E-state index in [9.17, 15) is 9.59 Å². The largest absolute Gasteiger partial charge is 0.485 e. The zero-order chi connectivity index (χ0) is 18.5. The van der Waals surface area contributed by atoms with Crippen LogP contribution in [0.5, 0.6) is 5.75 Å². The number of carbonyl (C=O) groups excluding carboxylic acids is 1. The van der Waals surface area contributed by atoms with Gasteiger partial charge in [0.25, 0.3) is 5.91 Å². The average Bonchev–Trinajstić information content (AvgIpc) is 3.05. The highest BCUT2D eigenvalue weighted by molar-refractivity contribution is 7.99. The van der Waals surface area contributed by atoms with Gasteiger partial charge in [0.05, 0.1) is 12.5 Å². The average molecular weight is 377 g/mol. The van der Waals surface area contributed by atoms with Gasteiger partial charge in [-0.1, -0.05) is 11.2 Å². The fourth-order valence-electron chi connectivity index (χ4n) is 2.73. The van der Waals surface area contributed by atoms with Crippen molar-refractivity contribution in [3.63, 3.8) is 0 Å². The molecule has 0 bridgehead atoms. The SMILES string of the molecule is Cc1nc(COc2cccc(C(=O)N3CCSCC3CC(=O)O)c2)no1. The Kier molecular flexibility index (Phi) is 5.77. The monoisotopic (exact) mass is 377 g/mol. The summed E-state index contributed by atoms with van der Waals surface area (Å²) in [4.78, 5) is 29.6. The fraction of sp³-hybridized carbons (Fsp3) is 0.412. The second kappa shape index (κ2) is 8.22. The maximum atomic E-state index is 12.8. The number of nitrogens with zero attached hydrogens (tertiary/aromatic N) is 3. The Bertz CT molecular complexity index is 794. The van der Waals surface area contributed by atoms with Crippen molar-refractivity contribution < 1.29 is 24.0 Å². The molecule has 1 N–H and O–H groups in total. The lowest BCUT2D eigenvalue weighted by molar-refractivity contribution is -0.138. The number of aromatic nitrogens is 2. The molecule has 26 heavy (non-hydrogen) atoms. The number of hydrogen-bond acceptors (Lipinski definition) is 7. The zero-order valence-corrected chi connectivity index (χ0v) is 15.1. The molecule has 1 amide bonds. The topological polar surface area (TPSA) is 106 Å². The first-order chi connectivity index (χ1) is 12.5. The molecule has 1 fully saturated rings. The van der Waals surface area contributed by atoms with E-state index in [4.69, 9.17) is 14.4 Å². The molecule has 0 aliphatic carbocycles. The third kappa shape index (κ3) is 4.54. The predicted molar refractivity (Wildman–Crippen MR) is 94.2 cm³/mol. The molecule has 2 heterocycles. The number of benzene rings is 1. The minimum Gasteiger partial charge on any atom is -0.485 e. The molecule has 2 aromatic rings. The van der Waals surface area contributed by atoms with Gasteiger partial charge in [-0.2, -0.15) is 16.7 Å². The molecule has 138 valence electrons. The maximum Gasteiger partial charge on any atom is 0.305 e. The summed E-state index contributed by atoms with van der Waals surface area (Å²) in [5.41, 5.74) is 0.467. The lowest BCUT2D eigenvalue weighted by atomic mass is 10.1. The smallest absolute Gasteiger partial charge is 0.305 e. The highest BCUT2D eigenvalue weighted by atomic mass is 32.2. The van der Waals surface area contributed by atoms with Gasteiger partial charge in [0, 0.05) is 30.5 Å². The number of carboxylic acids is 1. The molecule has 1 atom stereocenters. The van der Waals surface area contributed by atoms with Crippen molar-refractivity contribution in [2.75, 3.05) is 18.1 Å². The highest BCUT2D eigenvalue weighted by Crippen LogP contribution is 2.23. The minimum absolute atomic E-state index is 0.0495. The lowest BCUT2D eigenvalue weighted by Crippen LogP contribution is -2.47. The van der Waals surface area contributed by atoms with E-state index in [0.717, 1.165) is 5.75 Å². The number of rotatable bonds is 6. The van der Waals surface area contributed by atoms with E-state index in [-0.39, 0.29) is 25.0 Å². The van der Waals surface area contributed by atoms with Crippen molar-refractivity contribution in [3.8, 4) is 5.75 Å². The first-order valence-corrected chi connectivity index (χ1v) is 9.31. The van der Waals surface area contributed by atoms with Crippen molar-refractivity contribution in [1.82, 2.24) is 15.0 Å². The Balaban J connectivity index is 1.69. The van der Waals surface area contributed by atoms with Crippen LogP contribution in [0, 0.1) is 6.92 Å². The quantitative estimate of drug-likeness (QED) is 0.815. The molecule has 0 radical (unpaired) electrons. The van der Waals surface area contributed by atoms with E-state index in [1.165, 1.54) is 0 Å². The van der Waals surface area contributed by atoms with Crippen molar-refractivity contribution >= 4 is 23.6 Å². The molecule has 1 unspecified atom stereocenters. The van der Waals surface area contributed by atoms with Gasteiger partial charge in [0.2, 0.25) is 11.7 Å². The summed E-state index contributed by atoms with van der Waals surface area (Å²) in [6.07, 6.45) is -0.0495. The standard InChI is InChI=1S/C17H19N3O5S/c1-11-18-15(19-25-11)9-24-14-4-2-3-12(7-14)17(23)20-5-6-26-10-13(20)8-16(21)22/h2-4,7,13H,5-6,8-10H2,1H3,(H,21,22). The molecule has 1 aliphatic rings. The third-order valence-corrected chi connectivity index (χ3v) is 5.01. The lowest BCUT2D eigenvalue weighted by Gasteiger charge is -2.34. The van der Waals surface area contributed by atoms with Gasteiger partial charge < -0.3 is 19.3 Å². The molecular formula is C17H19N3O5S. The van der Waals surface area contributed by atoms with E-state index in [2.05, 4.69) is 10.1 Å². The van der Waals surface area contributed by atoms with Crippen LogP contribution in [-0.2, 0) is 11.4 Å². The molecule has 3 rings (SSSR count). The molecule has 1 aliphatic heterocycles. The summed E-state index contributed by atoms with van der Waals surface area (Å²) in [6.45, 7) is 2.37. The van der Waals surface area contributed by atoms with E-state index >= 15 is 0 Å². The van der Waals surface area contributed by atoms with E-state index in [0.29, 0.717) is 35.3 Å². The number of thioether (sulfide) groups is 1. The fourth-order valence-corrected chi connectivity index (χ4v) is 3.79. The Hall–Kier alpha value is -2.55. The first-order valence-electron chi connectivity index (χ1n) is 8.15. The number of aryl methyl sites for hydroxylation is 1. The molecule has 1 saturated heterocycles.